The molecule has 1 amide bonds. The number of nitrogens with one attached hydrogen (secondary N) is 1. The fraction of sp³-hybridized carbons (Fsp3) is 0.462. The molecular weight excluding hydrogens is 235 g/mol. The van der Waals surface area contributed by atoms with Gasteiger partial charge in [-0.2, -0.15) is 0 Å². The summed E-state index contributed by atoms with van der Waals surface area (Å²) in [7, 11) is 0. The van der Waals surface area contributed by atoms with Crippen molar-refractivity contribution < 1.29 is 13.9 Å². The number of rotatable bonds is 5. The van der Waals surface area contributed by atoms with Gasteiger partial charge in [-0.05, 0) is 32.4 Å². The molecule has 3 N–H and O–H groups in total. The van der Waals surface area contributed by atoms with Crippen molar-refractivity contribution in [3.63, 3.8) is 0 Å². The average molecular weight is 254 g/mol. The highest BCUT2D eigenvalue weighted by molar-refractivity contribution is 5.98. The van der Waals surface area contributed by atoms with E-state index in [-0.39, 0.29) is 5.91 Å². The van der Waals surface area contributed by atoms with Gasteiger partial charge in [-0.3, -0.25) is 4.79 Å². The number of hydrogen-bond donors (Lipinski definition) is 2. The molecule has 0 radical (unpaired) electrons. The number of nitrogens with two attached hydrogens (primary N) is 1. The van der Waals surface area contributed by atoms with E-state index in [9.17, 15) is 9.18 Å². The molecule has 5 heteroatoms. The Morgan fingerprint density at radius 3 is 2.72 bits per heavy atom. The van der Waals surface area contributed by atoms with Gasteiger partial charge in [0.1, 0.15) is 11.6 Å². The number of amides is 1. The molecule has 0 spiro atoms. The maximum Gasteiger partial charge on any atom is 0.244 e. The quantitative estimate of drug-likeness (QED) is 0.847. The van der Waals surface area contributed by atoms with E-state index in [1.54, 1.807) is 13.8 Å². The van der Waals surface area contributed by atoms with E-state index in [1.807, 2.05) is 6.92 Å². The van der Waals surface area contributed by atoms with Crippen LogP contribution in [0.2, 0.25) is 0 Å². The molecular formula is C13H19FN2O2. The standard InChI is InChI=1S/C13H19FN2O2/c1-4-13(3,15)12(17)16-10-7-6-9(14)8-11(10)18-5-2/h6-8H,4-5,15H2,1-3H3,(H,16,17). The summed E-state index contributed by atoms with van der Waals surface area (Å²) in [5.41, 5.74) is 5.30. The van der Waals surface area contributed by atoms with E-state index in [0.717, 1.165) is 0 Å². The molecule has 1 unspecified atom stereocenters. The van der Waals surface area contributed by atoms with Gasteiger partial charge in [0.2, 0.25) is 5.91 Å². The van der Waals surface area contributed by atoms with E-state index in [0.29, 0.717) is 24.5 Å². The van der Waals surface area contributed by atoms with Gasteiger partial charge in [-0.15, -0.1) is 0 Å². The fourth-order valence-electron chi connectivity index (χ4n) is 1.30. The van der Waals surface area contributed by atoms with Gasteiger partial charge < -0.3 is 15.8 Å². The van der Waals surface area contributed by atoms with Crippen LogP contribution in [0.5, 0.6) is 5.75 Å². The lowest BCUT2D eigenvalue weighted by atomic mass is 9.99. The number of halogens is 1. The molecule has 0 aliphatic rings. The van der Waals surface area contributed by atoms with Crippen LogP contribution in [0.3, 0.4) is 0 Å². The number of carbonyl (C=O) groups excluding carboxylic acids is 1. The Balaban J connectivity index is 2.93. The van der Waals surface area contributed by atoms with E-state index in [2.05, 4.69) is 5.32 Å². The Bertz CT molecular complexity index is 433. The lowest BCUT2D eigenvalue weighted by molar-refractivity contribution is -0.120. The molecule has 1 atom stereocenters. The van der Waals surface area contributed by atoms with Crippen LogP contribution >= 0.6 is 0 Å². The maximum absolute atomic E-state index is 13.1. The van der Waals surface area contributed by atoms with Crippen molar-refractivity contribution >= 4 is 11.6 Å². The van der Waals surface area contributed by atoms with Crippen molar-refractivity contribution in [2.24, 2.45) is 5.73 Å². The summed E-state index contributed by atoms with van der Waals surface area (Å²) in [6.07, 6.45) is 0.504. The molecule has 100 valence electrons. The molecule has 0 fully saturated rings. The summed E-state index contributed by atoms with van der Waals surface area (Å²) >= 11 is 0. The zero-order valence-corrected chi connectivity index (χ0v) is 10.9. The zero-order chi connectivity index (χ0) is 13.8. The fourth-order valence-corrected chi connectivity index (χ4v) is 1.30. The lowest BCUT2D eigenvalue weighted by Gasteiger charge is -2.22. The molecule has 1 aromatic carbocycles. The Morgan fingerprint density at radius 1 is 1.50 bits per heavy atom. The first-order chi connectivity index (χ1) is 8.40. The second-order valence-corrected chi connectivity index (χ2v) is 4.30. The second-order valence-electron chi connectivity index (χ2n) is 4.30. The Kier molecular flexibility index (Phi) is 4.67. The van der Waals surface area contributed by atoms with Crippen molar-refractivity contribution in [3.05, 3.63) is 24.0 Å². The minimum Gasteiger partial charge on any atom is -0.492 e. The Morgan fingerprint density at radius 2 is 2.17 bits per heavy atom. The van der Waals surface area contributed by atoms with Gasteiger partial charge in [0.25, 0.3) is 0 Å². The number of benzene rings is 1. The van der Waals surface area contributed by atoms with E-state index >= 15 is 0 Å². The molecule has 4 nitrogen and oxygen atoms in total. The molecule has 0 aliphatic carbocycles. The summed E-state index contributed by atoms with van der Waals surface area (Å²) < 4.78 is 18.4. The normalized spacial score (nSPS) is 13.8. The molecule has 1 aromatic rings. The number of hydrogen-bond acceptors (Lipinski definition) is 3. The molecule has 0 saturated carbocycles. The summed E-state index contributed by atoms with van der Waals surface area (Å²) in [6.45, 7) is 5.65. The van der Waals surface area contributed by atoms with Crippen LogP contribution in [0.15, 0.2) is 18.2 Å². The molecule has 0 aromatic heterocycles. The highest BCUT2D eigenvalue weighted by Gasteiger charge is 2.26. The van der Waals surface area contributed by atoms with Crippen molar-refractivity contribution in [2.75, 3.05) is 11.9 Å². The first-order valence-electron chi connectivity index (χ1n) is 5.93. The van der Waals surface area contributed by atoms with Crippen LogP contribution in [0.1, 0.15) is 27.2 Å². The second kappa shape index (κ2) is 5.82. The molecule has 0 aliphatic heterocycles. The van der Waals surface area contributed by atoms with Crippen LogP contribution in [0.4, 0.5) is 10.1 Å². The van der Waals surface area contributed by atoms with E-state index in [1.165, 1.54) is 18.2 Å². The van der Waals surface area contributed by atoms with Crippen molar-refractivity contribution in [1.29, 1.82) is 0 Å². The number of carbonyl (C=O) groups is 1. The zero-order valence-electron chi connectivity index (χ0n) is 10.9. The van der Waals surface area contributed by atoms with Crippen molar-refractivity contribution in [3.8, 4) is 5.75 Å². The summed E-state index contributed by atoms with van der Waals surface area (Å²) in [5.74, 6) is -0.433. The van der Waals surface area contributed by atoms with Crippen LogP contribution in [-0.4, -0.2) is 18.1 Å². The van der Waals surface area contributed by atoms with Gasteiger partial charge in [-0.25, -0.2) is 4.39 Å². The van der Waals surface area contributed by atoms with Crippen molar-refractivity contribution in [2.45, 2.75) is 32.7 Å². The lowest BCUT2D eigenvalue weighted by Crippen LogP contribution is -2.47. The predicted molar refractivity (Wildman–Crippen MR) is 69.1 cm³/mol. The summed E-state index contributed by atoms with van der Waals surface area (Å²) in [5, 5.41) is 2.66. The molecule has 0 bridgehead atoms. The third kappa shape index (κ3) is 3.43. The average Bonchev–Trinajstić information content (AvgIpc) is 2.32. The first kappa shape index (κ1) is 14.4. The maximum atomic E-state index is 13.1. The summed E-state index contributed by atoms with van der Waals surface area (Å²) in [4.78, 5) is 11.9. The molecule has 0 saturated heterocycles. The smallest absolute Gasteiger partial charge is 0.244 e. The summed E-state index contributed by atoms with van der Waals surface area (Å²) in [6, 6.07) is 3.96. The number of ether oxygens (including phenoxy) is 1. The largest absolute Gasteiger partial charge is 0.492 e. The first-order valence-corrected chi connectivity index (χ1v) is 5.93. The van der Waals surface area contributed by atoms with E-state index in [4.69, 9.17) is 10.5 Å². The molecule has 1 rings (SSSR count). The van der Waals surface area contributed by atoms with Gasteiger partial charge in [0.15, 0.2) is 0 Å². The molecule has 0 heterocycles. The highest BCUT2D eigenvalue weighted by atomic mass is 19.1. The van der Waals surface area contributed by atoms with Gasteiger partial charge in [0, 0.05) is 6.07 Å². The number of anilines is 1. The minimum atomic E-state index is -0.960. The van der Waals surface area contributed by atoms with Crippen LogP contribution < -0.4 is 15.8 Å². The monoisotopic (exact) mass is 254 g/mol. The van der Waals surface area contributed by atoms with Gasteiger partial charge in [-0.1, -0.05) is 6.92 Å². The van der Waals surface area contributed by atoms with Crippen LogP contribution in [0, 0.1) is 5.82 Å². The predicted octanol–water partition coefficient (Wildman–Crippen LogP) is 2.29. The minimum absolute atomic E-state index is 0.303. The van der Waals surface area contributed by atoms with Crippen LogP contribution in [-0.2, 0) is 4.79 Å². The third-order valence-electron chi connectivity index (χ3n) is 2.74. The molecule has 18 heavy (non-hydrogen) atoms. The van der Waals surface area contributed by atoms with Gasteiger partial charge in [0.05, 0.1) is 17.8 Å². The Hall–Kier alpha value is -1.62. The van der Waals surface area contributed by atoms with Crippen LogP contribution in [0.25, 0.3) is 0 Å². The SMILES string of the molecule is CCOc1cc(F)ccc1NC(=O)C(C)(N)CC. The highest BCUT2D eigenvalue weighted by Crippen LogP contribution is 2.26. The van der Waals surface area contributed by atoms with E-state index < -0.39 is 11.4 Å². The topological polar surface area (TPSA) is 64.3 Å². The van der Waals surface area contributed by atoms with Crippen molar-refractivity contribution in [1.82, 2.24) is 0 Å². The third-order valence-corrected chi connectivity index (χ3v) is 2.74. The van der Waals surface area contributed by atoms with Gasteiger partial charge >= 0.3 is 0 Å². The Labute approximate surface area is 106 Å².